The highest BCUT2D eigenvalue weighted by Gasteiger charge is 2.34. The van der Waals surface area contributed by atoms with Gasteiger partial charge in [-0.05, 0) is 80.1 Å². The lowest BCUT2D eigenvalue weighted by Crippen LogP contribution is -2.45. The number of aryl methyl sites for hydroxylation is 1. The van der Waals surface area contributed by atoms with Crippen LogP contribution in [0.15, 0.2) is 48.0 Å². The lowest BCUT2D eigenvalue weighted by Gasteiger charge is -2.45. The Morgan fingerprint density at radius 2 is 1.96 bits per heavy atom. The Hall–Kier alpha value is -3.06. The summed E-state index contributed by atoms with van der Waals surface area (Å²) in [5.74, 6) is 0.0229. The predicted molar refractivity (Wildman–Crippen MR) is 115 cm³/mol. The fraction of sp³-hybridized carbons (Fsp3) is 0.333. The Balaban J connectivity index is 1.96. The normalized spacial score (nSPS) is 18.2. The molecule has 144 valence electrons. The summed E-state index contributed by atoms with van der Waals surface area (Å²) in [6.07, 6.45) is 2.75. The number of anilines is 2. The maximum Gasteiger partial charge on any atom is 0.266 e. The van der Waals surface area contributed by atoms with Gasteiger partial charge < -0.3 is 10.2 Å². The number of hydrogen-bond acceptors (Lipinski definition) is 3. The SMILES string of the molecule is Cc1cc2c(cc1/C=C(/C#N)C(=O)Nc1ccccc1)[C@@H](C)CC(C)(C)N2C. The Labute approximate surface area is 167 Å². The molecule has 0 fully saturated rings. The van der Waals surface area contributed by atoms with Crippen LogP contribution in [0.4, 0.5) is 11.4 Å². The van der Waals surface area contributed by atoms with Crippen LogP contribution >= 0.6 is 0 Å². The molecular weight excluding hydrogens is 346 g/mol. The van der Waals surface area contributed by atoms with Gasteiger partial charge in [0, 0.05) is 24.0 Å². The van der Waals surface area contributed by atoms with E-state index in [2.05, 4.69) is 50.2 Å². The third kappa shape index (κ3) is 3.80. The molecule has 3 rings (SSSR count). The highest BCUT2D eigenvalue weighted by atomic mass is 16.1. The standard InChI is InChI=1S/C24H27N3O/c1-16-11-22-21(17(2)14-24(3,4)27(22)5)13-18(16)12-19(15-25)23(28)26-20-9-7-6-8-10-20/h6-13,17H,14H2,1-5H3,(H,26,28)/b19-12-/t17-/m0/s1. The highest BCUT2D eigenvalue weighted by molar-refractivity contribution is 6.09. The van der Waals surface area contributed by atoms with Gasteiger partial charge in [0.2, 0.25) is 0 Å². The fourth-order valence-corrected chi connectivity index (χ4v) is 3.91. The molecule has 0 unspecified atom stereocenters. The second-order valence-corrected chi connectivity index (χ2v) is 8.23. The molecule has 1 aliphatic heterocycles. The van der Waals surface area contributed by atoms with Gasteiger partial charge in [0.05, 0.1) is 0 Å². The third-order valence-corrected chi connectivity index (χ3v) is 5.72. The second kappa shape index (κ2) is 7.52. The molecule has 1 amide bonds. The van der Waals surface area contributed by atoms with Gasteiger partial charge in [-0.1, -0.05) is 25.1 Å². The molecule has 4 heteroatoms. The summed E-state index contributed by atoms with van der Waals surface area (Å²) >= 11 is 0. The topological polar surface area (TPSA) is 56.1 Å². The van der Waals surface area contributed by atoms with Crippen molar-refractivity contribution in [2.24, 2.45) is 0 Å². The summed E-state index contributed by atoms with van der Waals surface area (Å²) in [5.41, 5.74) is 5.33. The van der Waals surface area contributed by atoms with Gasteiger partial charge in [-0.15, -0.1) is 0 Å². The minimum Gasteiger partial charge on any atom is -0.369 e. The number of benzene rings is 2. The number of nitrogens with zero attached hydrogens (tertiary/aromatic N) is 2. The summed E-state index contributed by atoms with van der Waals surface area (Å²) in [5, 5.41) is 12.3. The summed E-state index contributed by atoms with van der Waals surface area (Å²) < 4.78 is 0. The van der Waals surface area contributed by atoms with Crippen LogP contribution in [0.25, 0.3) is 6.08 Å². The number of hydrogen-bond donors (Lipinski definition) is 1. The average Bonchev–Trinajstić information content (AvgIpc) is 2.65. The van der Waals surface area contributed by atoms with Crippen LogP contribution in [0.5, 0.6) is 0 Å². The zero-order valence-corrected chi connectivity index (χ0v) is 17.2. The summed E-state index contributed by atoms with van der Waals surface area (Å²) in [6.45, 7) is 8.79. The van der Waals surface area contributed by atoms with Gasteiger partial charge in [0.1, 0.15) is 11.6 Å². The van der Waals surface area contributed by atoms with Gasteiger partial charge in [-0.25, -0.2) is 0 Å². The van der Waals surface area contributed by atoms with Gasteiger partial charge in [-0.3, -0.25) is 4.79 Å². The molecule has 0 saturated carbocycles. The molecule has 0 aromatic heterocycles. The van der Waals surface area contributed by atoms with Crippen molar-refractivity contribution in [2.45, 2.75) is 45.6 Å². The molecule has 1 atom stereocenters. The van der Waals surface area contributed by atoms with Crippen molar-refractivity contribution < 1.29 is 4.79 Å². The first-order valence-electron chi connectivity index (χ1n) is 9.59. The monoisotopic (exact) mass is 373 g/mol. The van der Waals surface area contributed by atoms with E-state index in [0.29, 0.717) is 11.6 Å². The van der Waals surface area contributed by atoms with E-state index in [4.69, 9.17) is 0 Å². The van der Waals surface area contributed by atoms with Crippen molar-refractivity contribution >= 4 is 23.4 Å². The van der Waals surface area contributed by atoms with Crippen LogP contribution in [-0.2, 0) is 4.79 Å². The first-order valence-corrected chi connectivity index (χ1v) is 9.59. The molecule has 0 saturated heterocycles. The molecule has 0 radical (unpaired) electrons. The Morgan fingerprint density at radius 3 is 2.61 bits per heavy atom. The molecule has 1 heterocycles. The zero-order chi connectivity index (χ0) is 20.5. The van der Waals surface area contributed by atoms with E-state index < -0.39 is 5.91 Å². The minimum absolute atomic E-state index is 0.101. The third-order valence-electron chi connectivity index (χ3n) is 5.72. The van der Waals surface area contributed by atoms with Crippen LogP contribution in [0.2, 0.25) is 0 Å². The number of rotatable bonds is 3. The highest BCUT2D eigenvalue weighted by Crippen LogP contribution is 2.43. The molecule has 0 aliphatic carbocycles. The summed E-state index contributed by atoms with van der Waals surface area (Å²) in [4.78, 5) is 14.9. The van der Waals surface area contributed by atoms with Crippen molar-refractivity contribution in [1.82, 2.24) is 0 Å². The predicted octanol–water partition coefficient (Wildman–Crippen LogP) is 5.26. The molecule has 4 nitrogen and oxygen atoms in total. The molecule has 0 spiro atoms. The Bertz CT molecular complexity index is 967. The van der Waals surface area contributed by atoms with E-state index in [9.17, 15) is 10.1 Å². The average molecular weight is 374 g/mol. The zero-order valence-electron chi connectivity index (χ0n) is 17.2. The van der Waals surface area contributed by atoms with Crippen molar-refractivity contribution in [3.05, 3.63) is 64.7 Å². The largest absolute Gasteiger partial charge is 0.369 e. The van der Waals surface area contributed by atoms with E-state index in [1.807, 2.05) is 31.2 Å². The molecule has 2 aromatic carbocycles. The molecular formula is C24H27N3O. The number of para-hydroxylation sites is 1. The molecule has 28 heavy (non-hydrogen) atoms. The van der Waals surface area contributed by atoms with Gasteiger partial charge in [0.15, 0.2) is 0 Å². The summed E-state index contributed by atoms with van der Waals surface area (Å²) in [6, 6.07) is 15.5. The van der Waals surface area contributed by atoms with Gasteiger partial charge >= 0.3 is 0 Å². The van der Waals surface area contributed by atoms with Crippen LogP contribution in [0.1, 0.15) is 49.8 Å². The smallest absolute Gasteiger partial charge is 0.266 e. The number of fused-ring (bicyclic) bond motifs is 1. The first-order chi connectivity index (χ1) is 13.2. The molecule has 1 N–H and O–H groups in total. The van der Waals surface area contributed by atoms with Crippen molar-refractivity contribution in [2.75, 3.05) is 17.3 Å². The van der Waals surface area contributed by atoms with Crippen LogP contribution in [0.3, 0.4) is 0 Å². The maximum atomic E-state index is 12.5. The fourth-order valence-electron chi connectivity index (χ4n) is 3.91. The molecule has 0 bridgehead atoms. The van der Waals surface area contributed by atoms with Crippen molar-refractivity contribution in [1.29, 1.82) is 5.26 Å². The second-order valence-electron chi connectivity index (χ2n) is 8.23. The number of carbonyl (C=O) groups is 1. The molecule has 2 aromatic rings. The number of nitriles is 1. The number of amides is 1. The van der Waals surface area contributed by atoms with Crippen LogP contribution < -0.4 is 10.2 Å². The van der Waals surface area contributed by atoms with E-state index >= 15 is 0 Å². The Kier molecular flexibility index (Phi) is 5.29. The molecule has 1 aliphatic rings. The first kappa shape index (κ1) is 19.7. The minimum atomic E-state index is -0.392. The van der Waals surface area contributed by atoms with Crippen LogP contribution in [-0.4, -0.2) is 18.5 Å². The van der Waals surface area contributed by atoms with E-state index in [1.165, 1.54) is 11.3 Å². The van der Waals surface area contributed by atoms with Crippen molar-refractivity contribution in [3.8, 4) is 6.07 Å². The Morgan fingerprint density at radius 1 is 1.29 bits per heavy atom. The number of nitrogens with one attached hydrogen (secondary N) is 1. The lowest BCUT2D eigenvalue weighted by molar-refractivity contribution is -0.112. The van der Waals surface area contributed by atoms with Gasteiger partial charge in [0.25, 0.3) is 5.91 Å². The van der Waals surface area contributed by atoms with E-state index in [1.54, 1.807) is 18.2 Å². The lowest BCUT2D eigenvalue weighted by atomic mass is 9.79. The van der Waals surface area contributed by atoms with Gasteiger partial charge in [-0.2, -0.15) is 5.26 Å². The van der Waals surface area contributed by atoms with E-state index in [0.717, 1.165) is 17.5 Å². The van der Waals surface area contributed by atoms with Crippen molar-refractivity contribution in [3.63, 3.8) is 0 Å². The number of carbonyl (C=O) groups excluding carboxylic acids is 1. The maximum absolute atomic E-state index is 12.5. The van der Waals surface area contributed by atoms with Crippen LogP contribution in [0, 0.1) is 18.3 Å². The van der Waals surface area contributed by atoms with E-state index in [-0.39, 0.29) is 11.1 Å². The summed E-state index contributed by atoms with van der Waals surface area (Å²) in [7, 11) is 2.13. The quantitative estimate of drug-likeness (QED) is 0.589.